The first kappa shape index (κ1) is 47.6. The van der Waals surface area contributed by atoms with Gasteiger partial charge in [0.25, 0.3) is 0 Å². The van der Waals surface area contributed by atoms with Crippen molar-refractivity contribution in [2.75, 3.05) is 13.2 Å². The van der Waals surface area contributed by atoms with E-state index in [0.717, 1.165) is 49.7 Å². The number of esters is 2. The van der Waals surface area contributed by atoms with E-state index in [1.165, 1.54) is 77.0 Å². The highest BCUT2D eigenvalue weighted by molar-refractivity contribution is 5.85. The number of hydrogen-bond donors (Lipinski definition) is 2. The minimum Gasteiger partial charge on any atom is -0.451 e. The van der Waals surface area contributed by atoms with E-state index in [2.05, 4.69) is 48.2 Å². The molecule has 0 bridgehead atoms. The lowest BCUT2D eigenvalue weighted by molar-refractivity contribution is -0.146. The third kappa shape index (κ3) is 24.8. The maximum Gasteiger partial charge on any atom is 0.329 e. The van der Waals surface area contributed by atoms with Gasteiger partial charge < -0.3 is 20.1 Å². The van der Waals surface area contributed by atoms with Gasteiger partial charge in [-0.05, 0) is 47.7 Å². The lowest BCUT2D eigenvalue weighted by Crippen LogP contribution is -2.43. The van der Waals surface area contributed by atoms with Gasteiger partial charge >= 0.3 is 11.9 Å². The predicted octanol–water partition coefficient (Wildman–Crippen LogP) is 9.38. The summed E-state index contributed by atoms with van der Waals surface area (Å²) in [5.74, 6) is 9.17. The molecule has 0 fully saturated rings. The molecule has 0 saturated heterocycles. The van der Waals surface area contributed by atoms with E-state index >= 15 is 0 Å². The Hall–Kier alpha value is -4.56. The first-order chi connectivity index (χ1) is 27.4. The molecule has 2 N–H and O–H groups in total. The van der Waals surface area contributed by atoms with Crippen LogP contribution in [0.15, 0.2) is 60.7 Å². The monoisotopic (exact) mass is 769 g/mol. The van der Waals surface area contributed by atoms with E-state index in [1.54, 1.807) is 0 Å². The highest BCUT2D eigenvalue weighted by atomic mass is 16.5. The second kappa shape index (κ2) is 32.7. The molecule has 2 atom stereocenters. The molecule has 306 valence electrons. The summed E-state index contributed by atoms with van der Waals surface area (Å²) in [7, 11) is 0. The molecule has 0 heterocycles. The van der Waals surface area contributed by atoms with Crippen molar-refractivity contribution in [1.29, 1.82) is 0 Å². The largest absolute Gasteiger partial charge is 0.451 e. The van der Waals surface area contributed by atoms with Crippen molar-refractivity contribution in [1.82, 2.24) is 10.6 Å². The third-order valence-electron chi connectivity index (χ3n) is 9.63. The van der Waals surface area contributed by atoms with E-state index in [1.807, 2.05) is 60.7 Å². The maximum atomic E-state index is 13.0. The summed E-state index contributed by atoms with van der Waals surface area (Å²) >= 11 is 0. The number of carbonyl (C=O) groups excluding carboxylic acids is 4. The fourth-order valence-corrected chi connectivity index (χ4v) is 6.39. The van der Waals surface area contributed by atoms with E-state index in [-0.39, 0.29) is 25.0 Å². The highest BCUT2D eigenvalue weighted by Gasteiger charge is 2.23. The molecule has 56 heavy (non-hydrogen) atoms. The number of nitrogens with one attached hydrogen (secondary N) is 2. The van der Waals surface area contributed by atoms with Gasteiger partial charge in [0.1, 0.15) is 12.1 Å². The molecule has 8 heteroatoms. The highest BCUT2D eigenvalue weighted by Crippen LogP contribution is 2.13. The van der Waals surface area contributed by atoms with Crippen LogP contribution < -0.4 is 10.6 Å². The van der Waals surface area contributed by atoms with Crippen LogP contribution in [0.5, 0.6) is 0 Å². The Bertz CT molecular complexity index is 1370. The minimum absolute atomic E-state index is 0.165. The molecular formula is C48H68N2O6. The Labute approximate surface area is 338 Å². The molecule has 0 spiro atoms. The molecule has 0 aliphatic heterocycles. The van der Waals surface area contributed by atoms with Crippen molar-refractivity contribution in [3.05, 3.63) is 71.8 Å². The molecular weight excluding hydrogens is 701 g/mol. The summed E-state index contributed by atoms with van der Waals surface area (Å²) in [6.07, 6.45) is 22.3. The number of ether oxygens (including phenoxy) is 2. The molecule has 2 aromatic carbocycles. The van der Waals surface area contributed by atoms with Crippen molar-refractivity contribution >= 4 is 23.8 Å². The number of benzene rings is 2. The molecule has 0 saturated carbocycles. The van der Waals surface area contributed by atoms with Crippen LogP contribution in [-0.2, 0) is 41.5 Å². The number of unbranched alkanes of at least 4 members (excludes halogenated alkanes) is 16. The molecule has 8 nitrogen and oxygen atoms in total. The Kier molecular flexibility index (Phi) is 27.8. The van der Waals surface area contributed by atoms with E-state index in [4.69, 9.17) is 9.47 Å². The first-order valence-corrected chi connectivity index (χ1v) is 21.4. The average Bonchev–Trinajstić information content (AvgIpc) is 3.20. The molecule has 0 radical (unpaired) electrons. The van der Waals surface area contributed by atoms with Gasteiger partial charge in [-0.2, -0.15) is 0 Å². The van der Waals surface area contributed by atoms with Crippen molar-refractivity contribution in [2.24, 2.45) is 0 Å². The van der Waals surface area contributed by atoms with Crippen LogP contribution in [0.2, 0.25) is 0 Å². The van der Waals surface area contributed by atoms with Crippen molar-refractivity contribution in [3.8, 4) is 23.7 Å². The van der Waals surface area contributed by atoms with Gasteiger partial charge in [-0.1, -0.05) is 177 Å². The quantitative estimate of drug-likeness (QED) is 0.0466. The van der Waals surface area contributed by atoms with E-state index in [9.17, 15) is 19.2 Å². The molecule has 2 rings (SSSR count). The van der Waals surface area contributed by atoms with Gasteiger partial charge in [0.2, 0.25) is 11.8 Å². The predicted molar refractivity (Wildman–Crippen MR) is 225 cm³/mol. The Balaban J connectivity index is 1.79. The zero-order valence-electron chi connectivity index (χ0n) is 34.3. The van der Waals surface area contributed by atoms with Gasteiger partial charge in [0, 0.05) is 25.7 Å². The summed E-state index contributed by atoms with van der Waals surface area (Å²) in [6.45, 7) is 4.04. The SMILES string of the molecule is CCCCCCCCCCCC(=O)N[C@H](Cc1ccccc1)C(=O)OCC#CC#CCOC(=O)[C@@H](Cc1ccccc1)NC(=O)CCCCCCCCCCC. The van der Waals surface area contributed by atoms with Crippen LogP contribution in [0.3, 0.4) is 0 Å². The van der Waals surface area contributed by atoms with Crippen molar-refractivity contribution in [3.63, 3.8) is 0 Å². The lowest BCUT2D eigenvalue weighted by Gasteiger charge is -2.17. The van der Waals surface area contributed by atoms with Crippen LogP contribution in [0.1, 0.15) is 153 Å². The van der Waals surface area contributed by atoms with Gasteiger partial charge in [0.05, 0.1) is 0 Å². The minimum atomic E-state index is -0.829. The van der Waals surface area contributed by atoms with Gasteiger partial charge in [-0.15, -0.1) is 0 Å². The molecule has 0 unspecified atom stereocenters. The van der Waals surface area contributed by atoms with Gasteiger partial charge in [-0.3, -0.25) is 9.59 Å². The number of rotatable bonds is 30. The summed E-state index contributed by atoms with van der Waals surface area (Å²) in [5.41, 5.74) is 1.82. The number of amides is 2. The van der Waals surface area contributed by atoms with Crippen LogP contribution >= 0.6 is 0 Å². The van der Waals surface area contributed by atoms with Gasteiger partial charge in [0.15, 0.2) is 13.2 Å². The molecule has 0 aliphatic carbocycles. The maximum absolute atomic E-state index is 13.0. The third-order valence-corrected chi connectivity index (χ3v) is 9.63. The average molecular weight is 769 g/mol. The lowest BCUT2D eigenvalue weighted by atomic mass is 10.0. The van der Waals surface area contributed by atoms with E-state index in [0.29, 0.717) is 25.7 Å². The van der Waals surface area contributed by atoms with E-state index < -0.39 is 24.0 Å². The smallest absolute Gasteiger partial charge is 0.329 e. The number of carbonyl (C=O) groups is 4. The second-order valence-corrected chi connectivity index (χ2v) is 14.6. The summed E-state index contributed by atoms with van der Waals surface area (Å²) < 4.78 is 10.8. The van der Waals surface area contributed by atoms with Crippen LogP contribution in [-0.4, -0.2) is 49.1 Å². The first-order valence-electron chi connectivity index (χ1n) is 21.4. The Morgan fingerprint density at radius 3 is 1.14 bits per heavy atom. The fraction of sp³-hybridized carbons (Fsp3) is 0.583. The fourth-order valence-electron chi connectivity index (χ4n) is 6.39. The van der Waals surface area contributed by atoms with Crippen LogP contribution in [0.4, 0.5) is 0 Å². The molecule has 0 aliphatic rings. The topological polar surface area (TPSA) is 111 Å². The normalized spacial score (nSPS) is 11.5. The van der Waals surface area contributed by atoms with Crippen LogP contribution in [0.25, 0.3) is 0 Å². The summed E-state index contributed by atoms with van der Waals surface area (Å²) in [6, 6.07) is 17.3. The van der Waals surface area contributed by atoms with Crippen molar-refractivity contribution in [2.45, 2.75) is 167 Å². The Morgan fingerprint density at radius 1 is 0.482 bits per heavy atom. The van der Waals surface area contributed by atoms with Crippen LogP contribution in [0, 0.1) is 23.7 Å². The molecule has 0 aromatic heterocycles. The van der Waals surface area contributed by atoms with Crippen molar-refractivity contribution < 1.29 is 28.7 Å². The van der Waals surface area contributed by atoms with Gasteiger partial charge in [-0.25, -0.2) is 9.59 Å². The standard InChI is InChI=1S/C48H68N2O6/c1-3-5-7-9-11-13-15-17-27-35-45(51)49-43(39-41-31-23-21-24-32-41)47(53)55-37-29-19-20-30-38-56-48(54)44(40-42-33-25-22-26-34-42)50-46(52)36-28-18-16-14-12-10-8-6-4-2/h21-26,31-34,43-44H,3-18,27-28,35-40H2,1-2H3,(H,49,51)(H,50,52)/t43-,44-/m1/s1. The molecule has 2 amide bonds. The molecule has 2 aromatic rings. The second-order valence-electron chi connectivity index (χ2n) is 14.6. The summed E-state index contributed by atoms with van der Waals surface area (Å²) in [5, 5.41) is 5.73. The number of hydrogen-bond acceptors (Lipinski definition) is 6. The zero-order chi connectivity index (χ0) is 40.3. The zero-order valence-corrected chi connectivity index (χ0v) is 34.3. The summed E-state index contributed by atoms with van der Waals surface area (Å²) in [4.78, 5) is 51.5. The Morgan fingerprint density at radius 2 is 0.804 bits per heavy atom.